The summed E-state index contributed by atoms with van der Waals surface area (Å²) in [5, 5.41) is 1.59. The molecule has 1 saturated heterocycles. The number of pyridine rings is 1. The Morgan fingerprint density at radius 1 is 1.38 bits per heavy atom. The molecule has 1 atom stereocenters. The van der Waals surface area contributed by atoms with Gasteiger partial charge in [-0.3, -0.25) is 4.79 Å². The zero-order valence-corrected chi connectivity index (χ0v) is 8.63. The minimum absolute atomic E-state index is 0.126. The molecule has 0 spiro atoms. The number of hydrogen-bond donors (Lipinski definition) is 0. The van der Waals surface area contributed by atoms with Crippen molar-refractivity contribution in [3.8, 4) is 0 Å². The van der Waals surface area contributed by atoms with Crippen molar-refractivity contribution in [1.29, 1.82) is 0 Å². The first-order valence-electron chi connectivity index (χ1n) is 5.20. The van der Waals surface area contributed by atoms with Gasteiger partial charge in [0, 0.05) is 6.20 Å². The first kappa shape index (κ1) is 9.42. The van der Waals surface area contributed by atoms with Crippen molar-refractivity contribution in [1.82, 2.24) is 4.73 Å². The number of hydrogen-bond acceptors (Lipinski definition) is 3. The number of nitrogens with zero attached hydrogens (tertiary/aromatic N) is 1. The molecule has 0 aliphatic carbocycles. The molecule has 2 aromatic rings. The van der Waals surface area contributed by atoms with Gasteiger partial charge in [-0.25, -0.2) is 0 Å². The van der Waals surface area contributed by atoms with Gasteiger partial charge in [-0.05, 0) is 17.5 Å². The van der Waals surface area contributed by atoms with Crippen LogP contribution in [0.15, 0.2) is 41.3 Å². The third-order valence-electron chi connectivity index (χ3n) is 2.58. The lowest BCUT2D eigenvalue weighted by Crippen LogP contribution is -2.28. The van der Waals surface area contributed by atoms with Crippen LogP contribution in [-0.4, -0.2) is 24.0 Å². The summed E-state index contributed by atoms with van der Waals surface area (Å²) in [4.78, 5) is 17.3. The van der Waals surface area contributed by atoms with Gasteiger partial charge in [-0.15, -0.1) is 0 Å². The molecule has 2 heterocycles. The molecule has 0 saturated carbocycles. The Morgan fingerprint density at radius 3 is 3.00 bits per heavy atom. The maximum atomic E-state index is 12.0. The molecule has 16 heavy (non-hydrogen) atoms. The molecule has 1 aromatic heterocycles. The highest BCUT2D eigenvalue weighted by molar-refractivity contribution is 5.80. The molecule has 1 aromatic carbocycles. The molecule has 0 amide bonds. The van der Waals surface area contributed by atoms with E-state index in [1.807, 2.05) is 24.3 Å². The Bertz CT molecular complexity index is 572. The topological polar surface area (TPSA) is 43.8 Å². The van der Waals surface area contributed by atoms with E-state index in [-0.39, 0.29) is 11.7 Å². The van der Waals surface area contributed by atoms with Crippen molar-refractivity contribution in [3.63, 3.8) is 0 Å². The van der Waals surface area contributed by atoms with Crippen LogP contribution in [0.25, 0.3) is 10.8 Å². The van der Waals surface area contributed by atoms with E-state index in [4.69, 9.17) is 9.57 Å². The van der Waals surface area contributed by atoms with E-state index in [9.17, 15) is 4.79 Å². The van der Waals surface area contributed by atoms with E-state index in [1.165, 1.54) is 4.73 Å². The lowest BCUT2D eigenvalue weighted by molar-refractivity contribution is 0.0890. The Labute approximate surface area is 92.0 Å². The Hall–Kier alpha value is -1.81. The molecule has 1 aliphatic heterocycles. The number of benzene rings is 1. The van der Waals surface area contributed by atoms with Crippen molar-refractivity contribution in [3.05, 3.63) is 46.9 Å². The minimum atomic E-state index is -0.126. The molecule has 1 unspecified atom stereocenters. The summed E-state index contributed by atoms with van der Waals surface area (Å²) in [6.45, 7) is 1.15. The smallest absolute Gasteiger partial charge is 0.290 e. The molecule has 3 rings (SSSR count). The van der Waals surface area contributed by atoms with E-state index >= 15 is 0 Å². The number of fused-ring (bicyclic) bond motifs is 1. The molecule has 0 N–H and O–H groups in total. The van der Waals surface area contributed by atoms with Gasteiger partial charge >= 0.3 is 0 Å². The second-order valence-electron chi connectivity index (χ2n) is 3.79. The maximum absolute atomic E-state index is 12.0. The first-order chi connectivity index (χ1) is 7.84. The van der Waals surface area contributed by atoms with Gasteiger partial charge < -0.3 is 9.57 Å². The third kappa shape index (κ3) is 1.67. The Morgan fingerprint density at radius 2 is 2.19 bits per heavy atom. The summed E-state index contributed by atoms with van der Waals surface area (Å²) in [6, 6.07) is 9.32. The predicted octanol–water partition coefficient (Wildman–Crippen LogP) is 0.829. The van der Waals surface area contributed by atoms with Crippen LogP contribution in [0.5, 0.6) is 0 Å². The van der Waals surface area contributed by atoms with Gasteiger partial charge in [0.2, 0.25) is 0 Å². The quantitative estimate of drug-likeness (QED) is 0.715. The van der Waals surface area contributed by atoms with Crippen LogP contribution in [0.2, 0.25) is 0 Å². The highest BCUT2D eigenvalue weighted by Crippen LogP contribution is 2.09. The molecule has 0 bridgehead atoms. The molecule has 1 aliphatic rings. The highest BCUT2D eigenvalue weighted by Gasteiger charge is 2.23. The fraction of sp³-hybridized carbons (Fsp3) is 0.250. The van der Waals surface area contributed by atoms with Crippen LogP contribution in [0.4, 0.5) is 0 Å². The fourth-order valence-corrected chi connectivity index (χ4v) is 1.60. The van der Waals surface area contributed by atoms with Gasteiger partial charge in [0.15, 0.2) is 0 Å². The van der Waals surface area contributed by atoms with Crippen molar-refractivity contribution >= 4 is 10.8 Å². The standard InChI is InChI=1S/C12H11NO3/c14-12-11-4-2-1-3-9(11)5-6-13(12)16-8-10-7-15-10/h1-6,10H,7-8H2. The summed E-state index contributed by atoms with van der Waals surface area (Å²) in [5.74, 6) is 0. The normalized spacial score (nSPS) is 18.6. The first-order valence-corrected chi connectivity index (χ1v) is 5.20. The van der Waals surface area contributed by atoms with Crippen molar-refractivity contribution < 1.29 is 9.57 Å². The zero-order valence-electron chi connectivity index (χ0n) is 8.63. The van der Waals surface area contributed by atoms with Crippen LogP contribution in [0, 0.1) is 0 Å². The summed E-state index contributed by atoms with van der Waals surface area (Å²) >= 11 is 0. The van der Waals surface area contributed by atoms with Crippen LogP contribution >= 0.6 is 0 Å². The zero-order chi connectivity index (χ0) is 11.0. The van der Waals surface area contributed by atoms with Gasteiger partial charge in [0.05, 0.1) is 12.0 Å². The molecular weight excluding hydrogens is 206 g/mol. The molecule has 82 valence electrons. The largest absolute Gasteiger partial charge is 0.408 e. The number of ether oxygens (including phenoxy) is 1. The van der Waals surface area contributed by atoms with Gasteiger partial charge in [-0.2, -0.15) is 4.73 Å². The van der Waals surface area contributed by atoms with Crippen LogP contribution in [0.1, 0.15) is 0 Å². The Balaban J connectivity index is 1.98. The summed E-state index contributed by atoms with van der Waals surface area (Å²) in [6.07, 6.45) is 1.80. The van der Waals surface area contributed by atoms with E-state index < -0.39 is 0 Å². The van der Waals surface area contributed by atoms with Gasteiger partial charge in [-0.1, -0.05) is 18.2 Å². The third-order valence-corrected chi connectivity index (χ3v) is 2.58. The van der Waals surface area contributed by atoms with E-state index in [1.54, 1.807) is 12.3 Å². The lowest BCUT2D eigenvalue weighted by atomic mass is 10.2. The van der Waals surface area contributed by atoms with Gasteiger partial charge in [0.25, 0.3) is 5.56 Å². The van der Waals surface area contributed by atoms with E-state index in [0.717, 1.165) is 12.0 Å². The van der Waals surface area contributed by atoms with Gasteiger partial charge in [0.1, 0.15) is 12.7 Å². The molecular formula is C12H11NO3. The summed E-state index contributed by atoms with van der Waals surface area (Å²) in [5.41, 5.74) is -0.126. The average molecular weight is 217 g/mol. The molecule has 4 heteroatoms. The number of epoxide rings is 1. The van der Waals surface area contributed by atoms with Crippen LogP contribution in [-0.2, 0) is 4.74 Å². The van der Waals surface area contributed by atoms with Crippen molar-refractivity contribution in [2.75, 3.05) is 13.2 Å². The lowest BCUT2D eigenvalue weighted by Gasteiger charge is -2.07. The van der Waals surface area contributed by atoms with Crippen LogP contribution in [0.3, 0.4) is 0 Å². The fourth-order valence-electron chi connectivity index (χ4n) is 1.60. The average Bonchev–Trinajstić information content (AvgIpc) is 3.13. The molecule has 4 nitrogen and oxygen atoms in total. The van der Waals surface area contributed by atoms with Crippen LogP contribution < -0.4 is 10.4 Å². The molecule has 1 fully saturated rings. The second kappa shape index (κ2) is 3.64. The number of aromatic nitrogens is 1. The van der Waals surface area contributed by atoms with Crippen molar-refractivity contribution in [2.45, 2.75) is 6.10 Å². The summed E-state index contributed by atoms with van der Waals surface area (Å²) < 4.78 is 6.29. The monoisotopic (exact) mass is 217 g/mol. The number of rotatable bonds is 3. The highest BCUT2D eigenvalue weighted by atomic mass is 16.7. The summed E-state index contributed by atoms with van der Waals surface area (Å²) in [7, 11) is 0. The molecule has 0 radical (unpaired) electrons. The maximum Gasteiger partial charge on any atom is 0.290 e. The van der Waals surface area contributed by atoms with E-state index in [0.29, 0.717) is 12.0 Å². The van der Waals surface area contributed by atoms with E-state index in [2.05, 4.69) is 0 Å². The predicted molar refractivity (Wildman–Crippen MR) is 59.4 cm³/mol. The second-order valence-corrected chi connectivity index (χ2v) is 3.79. The van der Waals surface area contributed by atoms with Crippen molar-refractivity contribution in [2.24, 2.45) is 0 Å². The SMILES string of the molecule is O=c1c2ccccc2ccn1OCC1CO1. The minimum Gasteiger partial charge on any atom is -0.408 e. The Kier molecular flexibility index (Phi) is 2.15.